The first-order valence-corrected chi connectivity index (χ1v) is 7.50. The summed E-state index contributed by atoms with van der Waals surface area (Å²) >= 11 is 0. The second-order valence-corrected chi connectivity index (χ2v) is 5.95. The molecule has 0 unspecified atom stereocenters. The Labute approximate surface area is 116 Å². The molecular weight excluding hydrogens is 282 g/mol. The van der Waals surface area contributed by atoms with Crippen LogP contribution in [0.3, 0.4) is 0 Å². The number of rotatable bonds is 4. The zero-order valence-corrected chi connectivity index (χ0v) is 11.3. The number of aromatic nitrogens is 2. The third-order valence-corrected chi connectivity index (χ3v) is 4.16. The van der Waals surface area contributed by atoms with Gasteiger partial charge in [0.2, 0.25) is 0 Å². The number of fused-ring (bicyclic) bond motifs is 1. The van der Waals surface area contributed by atoms with Crippen molar-refractivity contribution in [3.05, 3.63) is 36.3 Å². The number of H-pyrrole nitrogens is 1. The van der Waals surface area contributed by atoms with Crippen LogP contribution in [-0.2, 0) is 16.6 Å². The van der Waals surface area contributed by atoms with Gasteiger partial charge in [-0.05, 0) is 17.7 Å². The molecule has 1 aromatic carbocycles. The molecule has 0 saturated heterocycles. The molecule has 0 radical (unpaired) electrons. The minimum atomic E-state index is -3.58. The molecule has 0 fully saturated rings. The van der Waals surface area contributed by atoms with Crippen molar-refractivity contribution < 1.29 is 17.9 Å². The van der Waals surface area contributed by atoms with Gasteiger partial charge in [-0.3, -0.25) is 0 Å². The monoisotopic (exact) mass is 295 g/mol. The molecule has 2 aromatic rings. The van der Waals surface area contributed by atoms with E-state index in [1.165, 1.54) is 12.5 Å². The van der Waals surface area contributed by atoms with Gasteiger partial charge < -0.3 is 14.5 Å². The van der Waals surface area contributed by atoms with E-state index >= 15 is 0 Å². The lowest BCUT2D eigenvalue weighted by atomic mass is 10.2. The first kappa shape index (κ1) is 12.9. The molecule has 1 aliphatic heterocycles. The van der Waals surface area contributed by atoms with E-state index in [2.05, 4.69) is 14.7 Å². The first-order valence-electron chi connectivity index (χ1n) is 6.02. The van der Waals surface area contributed by atoms with Crippen LogP contribution < -0.4 is 14.2 Å². The van der Waals surface area contributed by atoms with Crippen molar-refractivity contribution in [3.8, 4) is 11.5 Å². The number of hydrogen-bond acceptors (Lipinski definition) is 5. The van der Waals surface area contributed by atoms with E-state index < -0.39 is 10.0 Å². The van der Waals surface area contributed by atoms with E-state index in [0.717, 1.165) is 5.56 Å². The Bertz CT molecular complexity index is 697. The third-order valence-electron chi connectivity index (χ3n) is 2.84. The average Bonchev–Trinajstić information content (AvgIpc) is 3.00. The smallest absolute Gasteiger partial charge is 0.257 e. The summed E-state index contributed by atoms with van der Waals surface area (Å²) in [5.74, 6) is 1.31. The molecule has 2 N–H and O–H groups in total. The molecule has 0 aliphatic carbocycles. The van der Waals surface area contributed by atoms with Crippen LogP contribution in [0.4, 0.5) is 0 Å². The summed E-state index contributed by atoms with van der Waals surface area (Å²) in [6.45, 7) is 1.19. The minimum absolute atomic E-state index is 0.0371. The van der Waals surface area contributed by atoms with E-state index in [-0.39, 0.29) is 11.6 Å². The molecule has 3 rings (SSSR count). The molecule has 0 spiro atoms. The van der Waals surface area contributed by atoms with E-state index in [1.54, 1.807) is 18.2 Å². The van der Waals surface area contributed by atoms with Crippen molar-refractivity contribution in [2.24, 2.45) is 0 Å². The van der Waals surface area contributed by atoms with Gasteiger partial charge in [-0.15, -0.1) is 0 Å². The van der Waals surface area contributed by atoms with Crippen LogP contribution in [0, 0.1) is 0 Å². The van der Waals surface area contributed by atoms with Gasteiger partial charge >= 0.3 is 0 Å². The van der Waals surface area contributed by atoms with E-state index in [9.17, 15) is 8.42 Å². The summed E-state index contributed by atoms with van der Waals surface area (Å²) in [6.07, 6.45) is 2.57. The lowest BCUT2D eigenvalue weighted by molar-refractivity contribution is 0.171. The largest absolute Gasteiger partial charge is 0.486 e. The molecule has 0 atom stereocenters. The van der Waals surface area contributed by atoms with Gasteiger partial charge in [0, 0.05) is 6.54 Å². The van der Waals surface area contributed by atoms with Crippen molar-refractivity contribution in [2.45, 2.75) is 11.6 Å². The van der Waals surface area contributed by atoms with Crippen LogP contribution in [0.5, 0.6) is 11.5 Å². The quantitative estimate of drug-likeness (QED) is 0.864. The zero-order valence-electron chi connectivity index (χ0n) is 10.5. The minimum Gasteiger partial charge on any atom is -0.486 e. The Balaban J connectivity index is 1.73. The summed E-state index contributed by atoms with van der Waals surface area (Å²) in [7, 11) is -3.58. The topological polar surface area (TPSA) is 93.3 Å². The van der Waals surface area contributed by atoms with E-state index in [0.29, 0.717) is 24.7 Å². The van der Waals surface area contributed by atoms with Crippen LogP contribution in [0.2, 0.25) is 0 Å². The maximum atomic E-state index is 11.9. The lowest BCUT2D eigenvalue weighted by Gasteiger charge is -2.18. The average molecular weight is 295 g/mol. The molecule has 0 bridgehead atoms. The van der Waals surface area contributed by atoms with Crippen LogP contribution in [0.25, 0.3) is 0 Å². The van der Waals surface area contributed by atoms with Gasteiger partial charge in [0.1, 0.15) is 13.2 Å². The zero-order chi connectivity index (χ0) is 14.0. The Morgan fingerprint density at radius 1 is 1.25 bits per heavy atom. The number of nitrogens with zero attached hydrogens (tertiary/aromatic N) is 1. The highest BCUT2D eigenvalue weighted by Crippen LogP contribution is 2.30. The first-order chi connectivity index (χ1) is 9.65. The molecule has 2 heterocycles. The fraction of sp³-hybridized carbons (Fsp3) is 0.250. The third kappa shape index (κ3) is 2.61. The standard InChI is InChI=1S/C12H13N3O4S/c16-20(17,12-7-13-8-14-12)15-6-9-1-2-10-11(5-9)19-4-3-18-10/h1-2,5,7-8,15H,3-4,6H2,(H,13,14). The predicted molar refractivity (Wildman–Crippen MR) is 70.0 cm³/mol. The van der Waals surface area contributed by atoms with Gasteiger partial charge in [-0.25, -0.2) is 18.1 Å². The molecule has 8 heteroatoms. The number of nitrogens with one attached hydrogen (secondary N) is 2. The van der Waals surface area contributed by atoms with Crippen molar-refractivity contribution >= 4 is 10.0 Å². The number of sulfonamides is 1. The fourth-order valence-corrected chi connectivity index (χ4v) is 2.76. The normalized spacial score (nSPS) is 14.2. The predicted octanol–water partition coefficient (Wildman–Crippen LogP) is 0.659. The molecule has 7 nitrogen and oxygen atoms in total. The number of hydrogen-bond donors (Lipinski definition) is 2. The summed E-state index contributed by atoms with van der Waals surface area (Å²) in [5.41, 5.74) is 0.789. The molecule has 1 aromatic heterocycles. The van der Waals surface area contributed by atoms with Crippen molar-refractivity contribution in [3.63, 3.8) is 0 Å². The number of imidazole rings is 1. The second-order valence-electron chi connectivity index (χ2n) is 4.22. The summed E-state index contributed by atoms with van der Waals surface area (Å²) in [6, 6.07) is 5.33. The highest BCUT2D eigenvalue weighted by Gasteiger charge is 2.16. The summed E-state index contributed by atoms with van der Waals surface area (Å²) in [4.78, 5) is 6.25. The molecule has 106 valence electrons. The van der Waals surface area contributed by atoms with Gasteiger partial charge in [-0.2, -0.15) is 0 Å². The van der Waals surface area contributed by atoms with E-state index in [4.69, 9.17) is 9.47 Å². The second kappa shape index (κ2) is 5.14. The van der Waals surface area contributed by atoms with Crippen LogP contribution in [0.1, 0.15) is 5.56 Å². The van der Waals surface area contributed by atoms with Crippen molar-refractivity contribution in [2.75, 3.05) is 13.2 Å². The van der Waals surface area contributed by atoms with Gasteiger partial charge in [0.05, 0.1) is 12.5 Å². The Kier molecular flexibility index (Phi) is 3.33. The SMILES string of the molecule is O=S(=O)(NCc1ccc2c(c1)OCCO2)c1cnc[nH]1. The number of benzene rings is 1. The van der Waals surface area contributed by atoms with Gasteiger partial charge in [-0.1, -0.05) is 6.07 Å². The maximum absolute atomic E-state index is 11.9. The molecule has 20 heavy (non-hydrogen) atoms. The summed E-state index contributed by atoms with van der Waals surface area (Å²) < 4.78 is 37.2. The maximum Gasteiger partial charge on any atom is 0.257 e. The Morgan fingerprint density at radius 2 is 2.05 bits per heavy atom. The molecular formula is C12H13N3O4S. The highest BCUT2D eigenvalue weighted by molar-refractivity contribution is 7.89. The van der Waals surface area contributed by atoms with E-state index in [1.807, 2.05) is 0 Å². The summed E-state index contributed by atoms with van der Waals surface area (Å²) in [5, 5.41) is 0.0371. The Morgan fingerprint density at radius 3 is 2.80 bits per heavy atom. The Hall–Kier alpha value is -2.06. The van der Waals surface area contributed by atoms with Crippen LogP contribution in [-0.4, -0.2) is 31.6 Å². The number of ether oxygens (including phenoxy) is 2. The van der Waals surface area contributed by atoms with Crippen LogP contribution in [0.15, 0.2) is 35.7 Å². The molecule has 1 aliphatic rings. The fourth-order valence-electron chi connectivity index (χ4n) is 1.84. The number of aromatic amines is 1. The van der Waals surface area contributed by atoms with Crippen LogP contribution >= 0.6 is 0 Å². The molecule has 0 amide bonds. The van der Waals surface area contributed by atoms with Crippen molar-refractivity contribution in [1.82, 2.24) is 14.7 Å². The van der Waals surface area contributed by atoms with Gasteiger partial charge in [0.15, 0.2) is 16.5 Å². The molecule has 0 saturated carbocycles. The lowest BCUT2D eigenvalue weighted by Crippen LogP contribution is -2.23. The van der Waals surface area contributed by atoms with Crippen molar-refractivity contribution in [1.29, 1.82) is 0 Å². The van der Waals surface area contributed by atoms with Gasteiger partial charge in [0.25, 0.3) is 10.0 Å². The highest BCUT2D eigenvalue weighted by atomic mass is 32.2.